The van der Waals surface area contributed by atoms with Crippen molar-refractivity contribution >= 4 is 21.6 Å². The lowest BCUT2D eigenvalue weighted by molar-refractivity contribution is 0.179. The molecule has 0 aliphatic heterocycles. The normalized spacial score (nSPS) is 12.2. The zero-order valence-electron chi connectivity index (χ0n) is 9.85. The monoisotopic (exact) mass is 281 g/mol. The maximum Gasteiger partial charge on any atom is 0.276 e. The number of sulfonamides is 1. The van der Waals surface area contributed by atoms with Crippen molar-refractivity contribution < 1.29 is 17.6 Å². The van der Waals surface area contributed by atoms with Gasteiger partial charge in [0.15, 0.2) is 0 Å². The molecule has 0 saturated heterocycles. The van der Waals surface area contributed by atoms with Gasteiger partial charge in [-0.05, 0) is 12.1 Å². The number of hydrogen-bond acceptors (Lipinski definition) is 4. The number of alkyl halides is 1. The molecule has 0 atom stereocenters. The van der Waals surface area contributed by atoms with E-state index in [4.69, 9.17) is 20.8 Å². The second-order valence-electron chi connectivity index (χ2n) is 3.34. The summed E-state index contributed by atoms with van der Waals surface area (Å²) in [6.07, 6.45) is 0. The molecule has 5 nitrogen and oxygen atoms in total. The molecule has 7 heteroatoms. The molecule has 0 unspecified atom stereocenters. The fraction of sp³-hybridized carbons (Fsp3) is 0.600. The fourth-order valence-electron chi connectivity index (χ4n) is 1.34. The van der Waals surface area contributed by atoms with Crippen LogP contribution in [0.25, 0.3) is 0 Å². The largest absolute Gasteiger partial charge is 0.447 e. The van der Waals surface area contributed by atoms with Gasteiger partial charge in [-0.1, -0.05) is 6.92 Å². The van der Waals surface area contributed by atoms with Gasteiger partial charge in [-0.2, -0.15) is 4.31 Å². The van der Waals surface area contributed by atoms with Crippen molar-refractivity contribution in [3.05, 3.63) is 17.9 Å². The quantitative estimate of drug-likeness (QED) is 0.714. The number of nitrogens with zero attached hydrogens (tertiary/aromatic N) is 1. The van der Waals surface area contributed by atoms with Gasteiger partial charge in [0.2, 0.25) is 5.09 Å². The molecule has 0 fully saturated rings. The minimum atomic E-state index is -3.58. The Morgan fingerprint density at radius 3 is 2.65 bits per heavy atom. The summed E-state index contributed by atoms with van der Waals surface area (Å²) in [7, 11) is -2.06. The van der Waals surface area contributed by atoms with Gasteiger partial charge < -0.3 is 9.15 Å². The van der Waals surface area contributed by atoms with Crippen molar-refractivity contribution in [1.82, 2.24) is 4.31 Å². The van der Waals surface area contributed by atoms with Crippen molar-refractivity contribution in [2.24, 2.45) is 0 Å². The molecule has 0 N–H and O–H groups in total. The van der Waals surface area contributed by atoms with Crippen LogP contribution in [0.4, 0.5) is 0 Å². The minimum absolute atomic E-state index is 0.0777. The summed E-state index contributed by atoms with van der Waals surface area (Å²) in [4.78, 5) is 0. The summed E-state index contributed by atoms with van der Waals surface area (Å²) in [6, 6.07) is 2.98. The predicted octanol–water partition coefficient (Wildman–Crippen LogP) is 1.68. The Labute approximate surface area is 106 Å². The number of ether oxygens (including phenoxy) is 1. The Morgan fingerprint density at radius 1 is 1.47 bits per heavy atom. The van der Waals surface area contributed by atoms with Gasteiger partial charge in [-0.3, -0.25) is 0 Å². The molecule has 1 aromatic rings. The Morgan fingerprint density at radius 2 is 2.18 bits per heavy atom. The van der Waals surface area contributed by atoms with E-state index in [9.17, 15) is 8.42 Å². The summed E-state index contributed by atoms with van der Waals surface area (Å²) in [6.45, 7) is 2.77. The zero-order valence-corrected chi connectivity index (χ0v) is 11.4. The van der Waals surface area contributed by atoms with E-state index in [-0.39, 0.29) is 11.0 Å². The zero-order chi connectivity index (χ0) is 12.9. The molecule has 98 valence electrons. The molecule has 0 bridgehead atoms. The molecular formula is C10H16ClNO4S. The molecule has 17 heavy (non-hydrogen) atoms. The summed E-state index contributed by atoms with van der Waals surface area (Å²) in [5.41, 5.74) is 0. The highest BCUT2D eigenvalue weighted by Gasteiger charge is 2.26. The summed E-state index contributed by atoms with van der Waals surface area (Å²) < 4.78 is 35.6. The van der Waals surface area contributed by atoms with Crippen LogP contribution in [0.5, 0.6) is 0 Å². The van der Waals surface area contributed by atoms with Crippen LogP contribution in [0.1, 0.15) is 12.7 Å². The van der Waals surface area contributed by atoms with Crippen LogP contribution >= 0.6 is 11.6 Å². The highest BCUT2D eigenvalue weighted by Crippen LogP contribution is 2.19. The first-order chi connectivity index (χ1) is 8.06. The number of rotatable bonds is 7. The maximum absolute atomic E-state index is 12.1. The number of methoxy groups -OCH3 is 1. The van der Waals surface area contributed by atoms with Crippen molar-refractivity contribution in [2.75, 3.05) is 26.8 Å². The molecule has 0 saturated carbocycles. The van der Waals surface area contributed by atoms with Crippen LogP contribution in [0.15, 0.2) is 21.6 Å². The lowest BCUT2D eigenvalue weighted by atomic mass is 10.5. The second kappa shape index (κ2) is 6.39. The van der Waals surface area contributed by atoms with Gasteiger partial charge in [0.25, 0.3) is 10.0 Å². The van der Waals surface area contributed by atoms with Gasteiger partial charge in [-0.15, -0.1) is 11.6 Å². The number of furan rings is 1. The molecule has 0 aliphatic carbocycles. The number of likely N-dealkylation sites (N-methyl/N-ethyl adjacent to an activating group) is 1. The van der Waals surface area contributed by atoms with Crippen molar-refractivity contribution in [3.8, 4) is 0 Å². The SMILES string of the molecule is CCN(CCOC)S(=O)(=O)c1ccc(CCl)o1. The van der Waals surface area contributed by atoms with Gasteiger partial charge in [0.1, 0.15) is 5.76 Å². The first kappa shape index (κ1) is 14.5. The number of hydrogen-bond donors (Lipinski definition) is 0. The molecule has 0 amide bonds. The molecule has 1 rings (SSSR count). The Bertz CT molecular complexity index is 443. The highest BCUT2D eigenvalue weighted by atomic mass is 35.5. The third-order valence-corrected chi connectivity index (χ3v) is 4.37. The lowest BCUT2D eigenvalue weighted by Gasteiger charge is -2.18. The fourth-order valence-corrected chi connectivity index (χ4v) is 2.84. The number of halogens is 1. The summed E-state index contributed by atoms with van der Waals surface area (Å²) in [5.74, 6) is 0.590. The average Bonchev–Trinajstić information content (AvgIpc) is 2.79. The molecule has 1 aromatic heterocycles. The van der Waals surface area contributed by atoms with Crippen LogP contribution in [-0.4, -0.2) is 39.5 Å². The molecule has 0 radical (unpaired) electrons. The Kier molecular flexibility index (Phi) is 5.45. The van der Waals surface area contributed by atoms with E-state index in [2.05, 4.69) is 0 Å². The van der Waals surface area contributed by atoms with Gasteiger partial charge in [0.05, 0.1) is 12.5 Å². The molecule has 0 aliphatic rings. The molecule has 0 aromatic carbocycles. The van der Waals surface area contributed by atoms with Gasteiger partial charge in [0, 0.05) is 20.2 Å². The maximum atomic E-state index is 12.1. The molecule has 1 heterocycles. The van der Waals surface area contributed by atoms with Crippen LogP contribution in [0, 0.1) is 0 Å². The van der Waals surface area contributed by atoms with Crippen LogP contribution in [-0.2, 0) is 20.6 Å². The first-order valence-corrected chi connectivity index (χ1v) is 7.17. The van der Waals surface area contributed by atoms with E-state index in [1.807, 2.05) is 0 Å². The van der Waals surface area contributed by atoms with E-state index in [1.165, 1.54) is 17.5 Å². The van der Waals surface area contributed by atoms with E-state index in [1.54, 1.807) is 13.0 Å². The van der Waals surface area contributed by atoms with E-state index in [0.717, 1.165) is 0 Å². The van der Waals surface area contributed by atoms with E-state index < -0.39 is 10.0 Å². The van der Waals surface area contributed by atoms with Gasteiger partial charge >= 0.3 is 0 Å². The Balaban J connectivity index is 2.91. The van der Waals surface area contributed by atoms with Crippen LogP contribution in [0.3, 0.4) is 0 Å². The third-order valence-electron chi connectivity index (χ3n) is 2.26. The molecular weight excluding hydrogens is 266 g/mol. The summed E-state index contributed by atoms with van der Waals surface area (Å²) >= 11 is 5.57. The minimum Gasteiger partial charge on any atom is -0.447 e. The van der Waals surface area contributed by atoms with Gasteiger partial charge in [-0.25, -0.2) is 8.42 Å². The predicted molar refractivity (Wildman–Crippen MR) is 64.6 cm³/mol. The van der Waals surface area contributed by atoms with Crippen molar-refractivity contribution in [2.45, 2.75) is 17.9 Å². The average molecular weight is 282 g/mol. The standard InChI is InChI=1S/C10H16ClNO4S/c1-3-12(6-7-15-2)17(13,14)10-5-4-9(8-11)16-10/h4-5H,3,6-8H2,1-2H3. The van der Waals surface area contributed by atoms with E-state index in [0.29, 0.717) is 25.5 Å². The third kappa shape index (κ3) is 3.45. The van der Waals surface area contributed by atoms with Crippen molar-refractivity contribution in [1.29, 1.82) is 0 Å². The lowest BCUT2D eigenvalue weighted by Crippen LogP contribution is -2.33. The first-order valence-electron chi connectivity index (χ1n) is 5.20. The molecule has 0 spiro atoms. The highest BCUT2D eigenvalue weighted by molar-refractivity contribution is 7.89. The van der Waals surface area contributed by atoms with Crippen molar-refractivity contribution in [3.63, 3.8) is 0 Å². The smallest absolute Gasteiger partial charge is 0.276 e. The topological polar surface area (TPSA) is 59.8 Å². The van der Waals surface area contributed by atoms with Crippen LogP contribution < -0.4 is 0 Å². The van der Waals surface area contributed by atoms with Crippen LogP contribution in [0.2, 0.25) is 0 Å². The van der Waals surface area contributed by atoms with E-state index >= 15 is 0 Å². The summed E-state index contributed by atoms with van der Waals surface area (Å²) in [5, 5.41) is -0.0777. The second-order valence-corrected chi connectivity index (χ2v) is 5.48. The Hall–Kier alpha value is -0.560.